The molecule has 0 fully saturated rings. The van der Waals surface area contributed by atoms with E-state index < -0.39 is 0 Å². The van der Waals surface area contributed by atoms with E-state index in [0.29, 0.717) is 5.69 Å². The molecule has 0 radical (unpaired) electrons. The van der Waals surface area contributed by atoms with Gasteiger partial charge in [0, 0.05) is 5.39 Å². The Hall–Kier alpha value is -2.75. The number of aromatic nitrogens is 2. The molecule has 4 nitrogen and oxygen atoms in total. The summed E-state index contributed by atoms with van der Waals surface area (Å²) in [5.74, 6) is -0.190. The van der Waals surface area contributed by atoms with Gasteiger partial charge in [-0.05, 0) is 18.6 Å². The van der Waals surface area contributed by atoms with Gasteiger partial charge < -0.3 is 5.32 Å². The van der Waals surface area contributed by atoms with E-state index >= 15 is 0 Å². The first-order chi connectivity index (χ1) is 10.3. The third kappa shape index (κ3) is 2.74. The van der Waals surface area contributed by atoms with Crippen molar-refractivity contribution < 1.29 is 4.79 Å². The molecule has 104 valence electrons. The van der Waals surface area contributed by atoms with Crippen LogP contribution in [0.3, 0.4) is 0 Å². The van der Waals surface area contributed by atoms with Crippen molar-refractivity contribution in [3.05, 3.63) is 72.2 Å². The Morgan fingerprint density at radius 1 is 1.00 bits per heavy atom. The van der Waals surface area contributed by atoms with Gasteiger partial charge in [-0.2, -0.15) is 0 Å². The van der Waals surface area contributed by atoms with Crippen molar-refractivity contribution in [3.8, 4) is 0 Å². The summed E-state index contributed by atoms with van der Waals surface area (Å²) in [6.45, 7) is 1.95. The second-order valence-electron chi connectivity index (χ2n) is 4.85. The maximum Gasteiger partial charge on any atom is 0.271 e. The Morgan fingerprint density at radius 2 is 1.71 bits per heavy atom. The fourth-order valence-electron chi connectivity index (χ4n) is 2.28. The lowest BCUT2D eigenvalue weighted by atomic mass is 10.1. The summed E-state index contributed by atoms with van der Waals surface area (Å²) >= 11 is 0. The first-order valence-electron chi connectivity index (χ1n) is 6.81. The van der Waals surface area contributed by atoms with Crippen molar-refractivity contribution in [2.75, 3.05) is 0 Å². The molecule has 1 heterocycles. The van der Waals surface area contributed by atoms with E-state index in [2.05, 4.69) is 15.3 Å². The second kappa shape index (κ2) is 5.71. The van der Waals surface area contributed by atoms with Gasteiger partial charge in [0.25, 0.3) is 5.91 Å². The molecule has 0 saturated carbocycles. The van der Waals surface area contributed by atoms with Crippen LogP contribution in [0, 0.1) is 0 Å². The van der Waals surface area contributed by atoms with Gasteiger partial charge in [-0.1, -0.05) is 48.5 Å². The molecule has 1 amide bonds. The minimum absolute atomic E-state index is 0.0765. The molecule has 0 aliphatic heterocycles. The molecule has 0 saturated heterocycles. The average Bonchev–Trinajstić information content (AvgIpc) is 2.55. The summed E-state index contributed by atoms with van der Waals surface area (Å²) in [5, 5.41) is 3.74. The Balaban J connectivity index is 1.88. The van der Waals surface area contributed by atoms with E-state index in [4.69, 9.17) is 0 Å². The van der Waals surface area contributed by atoms with Gasteiger partial charge in [-0.3, -0.25) is 4.79 Å². The second-order valence-corrected chi connectivity index (χ2v) is 4.85. The highest BCUT2D eigenvalue weighted by Gasteiger charge is 2.15. The zero-order chi connectivity index (χ0) is 14.7. The molecule has 0 aliphatic carbocycles. The fourth-order valence-corrected chi connectivity index (χ4v) is 2.28. The maximum absolute atomic E-state index is 12.4. The molecule has 0 aliphatic rings. The van der Waals surface area contributed by atoms with Crippen LogP contribution in [0.2, 0.25) is 0 Å². The van der Waals surface area contributed by atoms with Crippen LogP contribution < -0.4 is 5.32 Å². The van der Waals surface area contributed by atoms with E-state index in [-0.39, 0.29) is 11.9 Å². The van der Waals surface area contributed by atoms with E-state index in [1.54, 1.807) is 0 Å². The molecule has 1 atom stereocenters. The standard InChI is InChI=1S/C17H15N3O/c1-12(13-7-3-2-4-8-13)20-17(21)16-14-9-5-6-10-15(14)18-11-19-16/h2-12H,1H3,(H,20,21). The minimum Gasteiger partial charge on any atom is -0.344 e. The summed E-state index contributed by atoms with van der Waals surface area (Å²) in [6, 6.07) is 17.3. The lowest BCUT2D eigenvalue weighted by Crippen LogP contribution is -2.27. The summed E-state index contributed by atoms with van der Waals surface area (Å²) in [4.78, 5) is 20.7. The van der Waals surface area contributed by atoms with Gasteiger partial charge in [0.2, 0.25) is 0 Å². The van der Waals surface area contributed by atoms with Crippen LogP contribution in [0.4, 0.5) is 0 Å². The molecule has 1 N–H and O–H groups in total. The lowest BCUT2D eigenvalue weighted by Gasteiger charge is -2.14. The number of hydrogen-bond acceptors (Lipinski definition) is 3. The topological polar surface area (TPSA) is 54.9 Å². The number of nitrogens with one attached hydrogen (secondary N) is 1. The molecular formula is C17H15N3O. The third-order valence-electron chi connectivity index (χ3n) is 3.41. The molecule has 2 aromatic carbocycles. The van der Waals surface area contributed by atoms with E-state index in [1.807, 2.05) is 61.5 Å². The highest BCUT2D eigenvalue weighted by Crippen LogP contribution is 2.16. The zero-order valence-corrected chi connectivity index (χ0v) is 11.7. The summed E-state index contributed by atoms with van der Waals surface area (Å²) in [6.07, 6.45) is 1.42. The monoisotopic (exact) mass is 277 g/mol. The number of para-hydroxylation sites is 1. The van der Waals surface area contributed by atoms with Gasteiger partial charge in [0.1, 0.15) is 12.0 Å². The van der Waals surface area contributed by atoms with Gasteiger partial charge in [0.05, 0.1) is 11.6 Å². The van der Waals surface area contributed by atoms with Gasteiger partial charge in [0.15, 0.2) is 0 Å². The third-order valence-corrected chi connectivity index (χ3v) is 3.41. The van der Waals surface area contributed by atoms with Crippen LogP contribution >= 0.6 is 0 Å². The predicted octanol–water partition coefficient (Wildman–Crippen LogP) is 3.12. The van der Waals surface area contributed by atoms with Crippen molar-refractivity contribution in [1.82, 2.24) is 15.3 Å². The Bertz CT molecular complexity index is 766. The number of fused-ring (bicyclic) bond motifs is 1. The largest absolute Gasteiger partial charge is 0.344 e. The van der Waals surface area contributed by atoms with E-state index in [1.165, 1.54) is 6.33 Å². The zero-order valence-electron chi connectivity index (χ0n) is 11.7. The lowest BCUT2D eigenvalue weighted by molar-refractivity contribution is 0.0936. The van der Waals surface area contributed by atoms with Crippen LogP contribution in [0.15, 0.2) is 60.9 Å². The summed E-state index contributed by atoms with van der Waals surface area (Å²) in [5.41, 5.74) is 2.23. The Labute approximate surface area is 122 Å². The Morgan fingerprint density at radius 3 is 2.52 bits per heavy atom. The van der Waals surface area contributed by atoms with Crippen LogP contribution in [0.25, 0.3) is 10.9 Å². The van der Waals surface area contributed by atoms with Crippen molar-refractivity contribution in [1.29, 1.82) is 0 Å². The van der Waals surface area contributed by atoms with Crippen LogP contribution in [-0.4, -0.2) is 15.9 Å². The molecule has 3 aromatic rings. The fraction of sp³-hybridized carbons (Fsp3) is 0.118. The summed E-state index contributed by atoms with van der Waals surface area (Å²) in [7, 11) is 0. The van der Waals surface area contributed by atoms with Gasteiger partial charge in [-0.25, -0.2) is 9.97 Å². The number of hydrogen-bond donors (Lipinski definition) is 1. The molecule has 4 heteroatoms. The molecule has 1 unspecified atom stereocenters. The highest BCUT2D eigenvalue weighted by atomic mass is 16.1. The number of carbonyl (C=O) groups is 1. The maximum atomic E-state index is 12.4. The minimum atomic E-state index is -0.190. The van der Waals surface area contributed by atoms with Crippen LogP contribution in [-0.2, 0) is 0 Å². The SMILES string of the molecule is CC(NC(=O)c1ncnc2ccccc12)c1ccccc1. The summed E-state index contributed by atoms with van der Waals surface area (Å²) < 4.78 is 0. The molecule has 21 heavy (non-hydrogen) atoms. The Kier molecular flexibility index (Phi) is 3.60. The number of rotatable bonds is 3. The molecule has 1 aromatic heterocycles. The molecule has 0 bridgehead atoms. The molecule has 0 spiro atoms. The molecular weight excluding hydrogens is 262 g/mol. The number of amides is 1. The average molecular weight is 277 g/mol. The quantitative estimate of drug-likeness (QED) is 0.800. The molecule has 3 rings (SSSR count). The van der Waals surface area contributed by atoms with Crippen LogP contribution in [0.1, 0.15) is 29.0 Å². The highest BCUT2D eigenvalue weighted by molar-refractivity contribution is 6.04. The van der Waals surface area contributed by atoms with E-state index in [9.17, 15) is 4.79 Å². The van der Waals surface area contributed by atoms with Crippen molar-refractivity contribution in [2.24, 2.45) is 0 Å². The number of nitrogens with zero attached hydrogens (tertiary/aromatic N) is 2. The van der Waals surface area contributed by atoms with Crippen molar-refractivity contribution in [3.63, 3.8) is 0 Å². The first-order valence-corrected chi connectivity index (χ1v) is 6.81. The van der Waals surface area contributed by atoms with Crippen molar-refractivity contribution >= 4 is 16.8 Å². The van der Waals surface area contributed by atoms with Gasteiger partial charge in [-0.15, -0.1) is 0 Å². The normalized spacial score (nSPS) is 12.0. The van der Waals surface area contributed by atoms with Crippen molar-refractivity contribution in [2.45, 2.75) is 13.0 Å². The first kappa shape index (κ1) is 13.2. The smallest absolute Gasteiger partial charge is 0.271 e. The van der Waals surface area contributed by atoms with Gasteiger partial charge >= 0.3 is 0 Å². The van der Waals surface area contributed by atoms with E-state index in [0.717, 1.165) is 16.5 Å². The number of benzene rings is 2. The number of carbonyl (C=O) groups excluding carboxylic acids is 1. The van der Waals surface area contributed by atoms with Crippen LogP contribution in [0.5, 0.6) is 0 Å². The predicted molar refractivity (Wildman–Crippen MR) is 81.9 cm³/mol.